The highest BCUT2D eigenvalue weighted by molar-refractivity contribution is 7.15. The van der Waals surface area contributed by atoms with Crippen LogP contribution in [-0.4, -0.2) is 59.2 Å². The van der Waals surface area contributed by atoms with Gasteiger partial charge < -0.3 is 19.7 Å². The van der Waals surface area contributed by atoms with Crippen LogP contribution in [0.4, 0.5) is 11.6 Å². The van der Waals surface area contributed by atoms with Crippen molar-refractivity contribution in [3.63, 3.8) is 0 Å². The van der Waals surface area contributed by atoms with E-state index in [9.17, 15) is 4.79 Å². The van der Waals surface area contributed by atoms with Crippen LogP contribution in [0, 0.1) is 0 Å². The van der Waals surface area contributed by atoms with Crippen molar-refractivity contribution in [1.29, 1.82) is 0 Å². The van der Waals surface area contributed by atoms with E-state index < -0.39 is 0 Å². The number of ether oxygens (including phenoxy) is 2. The molecule has 31 heavy (non-hydrogen) atoms. The molecule has 0 aliphatic carbocycles. The number of benzene rings is 1. The smallest absolute Gasteiger partial charge is 0.248 e. The van der Waals surface area contributed by atoms with E-state index in [-0.39, 0.29) is 24.5 Å². The van der Waals surface area contributed by atoms with Gasteiger partial charge >= 0.3 is 0 Å². The van der Waals surface area contributed by atoms with Gasteiger partial charge in [0.15, 0.2) is 0 Å². The van der Waals surface area contributed by atoms with Crippen molar-refractivity contribution in [1.82, 2.24) is 14.3 Å². The third kappa shape index (κ3) is 4.61. The van der Waals surface area contributed by atoms with E-state index in [1.54, 1.807) is 11.3 Å². The lowest BCUT2D eigenvalue weighted by Gasteiger charge is -2.32. The summed E-state index contributed by atoms with van der Waals surface area (Å²) in [6.07, 6.45) is 6.32. The molecule has 0 spiro atoms. The first kappa shape index (κ1) is 20.5. The standard InChI is InChI=1S/C23H28N4O3S/c28-20(16-29-15-19-9-5-12-30-19)26-10-4-6-17(14-26)21-22-27(11-13-31-22)23(25-21)24-18-7-2-1-3-8-18/h1-3,7-8,11,13,17,19H,4-6,9-10,12,14-16H2,(H,24,25)/t17-,19+/m1/s1. The molecule has 2 fully saturated rings. The first-order valence-corrected chi connectivity index (χ1v) is 11.9. The molecular formula is C23H28N4O3S. The maximum Gasteiger partial charge on any atom is 0.248 e. The van der Waals surface area contributed by atoms with Gasteiger partial charge in [0.25, 0.3) is 0 Å². The summed E-state index contributed by atoms with van der Waals surface area (Å²) in [6, 6.07) is 10.1. The number of fused-ring (bicyclic) bond motifs is 1. The first-order valence-electron chi connectivity index (χ1n) is 11.0. The quantitative estimate of drug-likeness (QED) is 0.601. The van der Waals surface area contributed by atoms with Gasteiger partial charge in [0.2, 0.25) is 11.9 Å². The summed E-state index contributed by atoms with van der Waals surface area (Å²) in [6.45, 7) is 2.92. The number of anilines is 2. The Labute approximate surface area is 186 Å². The van der Waals surface area contributed by atoms with E-state index in [2.05, 4.69) is 15.1 Å². The molecule has 7 nitrogen and oxygen atoms in total. The van der Waals surface area contributed by atoms with Crippen molar-refractivity contribution < 1.29 is 14.3 Å². The molecule has 0 saturated carbocycles. The Hall–Kier alpha value is -2.42. The maximum absolute atomic E-state index is 12.7. The highest BCUT2D eigenvalue weighted by Gasteiger charge is 2.29. The molecule has 2 aliphatic heterocycles. The Kier molecular flexibility index (Phi) is 6.20. The van der Waals surface area contributed by atoms with Crippen LogP contribution in [0.25, 0.3) is 4.83 Å². The zero-order valence-electron chi connectivity index (χ0n) is 17.5. The van der Waals surface area contributed by atoms with Crippen molar-refractivity contribution in [3.8, 4) is 0 Å². The van der Waals surface area contributed by atoms with Gasteiger partial charge in [-0.3, -0.25) is 9.20 Å². The normalized spacial score (nSPS) is 21.6. The Morgan fingerprint density at radius 2 is 2.16 bits per heavy atom. The number of aromatic nitrogens is 2. The van der Waals surface area contributed by atoms with E-state index in [0.717, 1.165) is 61.0 Å². The molecular weight excluding hydrogens is 412 g/mol. The van der Waals surface area contributed by atoms with Crippen LogP contribution in [-0.2, 0) is 14.3 Å². The molecule has 0 unspecified atom stereocenters. The number of carbonyl (C=O) groups is 1. The van der Waals surface area contributed by atoms with Crippen LogP contribution in [0.1, 0.15) is 37.3 Å². The number of thiazole rings is 1. The Morgan fingerprint density at radius 1 is 1.26 bits per heavy atom. The van der Waals surface area contributed by atoms with Crippen LogP contribution in [0.5, 0.6) is 0 Å². The number of nitrogens with one attached hydrogen (secondary N) is 1. The molecule has 5 rings (SSSR count). The zero-order valence-corrected chi connectivity index (χ0v) is 18.4. The number of hydrogen-bond donors (Lipinski definition) is 1. The number of para-hydroxylation sites is 1. The second-order valence-corrected chi connectivity index (χ2v) is 9.11. The summed E-state index contributed by atoms with van der Waals surface area (Å²) in [5.41, 5.74) is 2.09. The third-order valence-electron chi connectivity index (χ3n) is 6.03. The predicted octanol–water partition coefficient (Wildman–Crippen LogP) is 4.04. The minimum absolute atomic E-state index is 0.0620. The third-order valence-corrected chi connectivity index (χ3v) is 6.91. The van der Waals surface area contributed by atoms with Gasteiger partial charge in [-0.25, -0.2) is 4.98 Å². The molecule has 1 N–H and O–H groups in total. The molecule has 2 saturated heterocycles. The molecule has 8 heteroatoms. The maximum atomic E-state index is 12.7. The van der Waals surface area contributed by atoms with Gasteiger partial charge in [-0.1, -0.05) is 18.2 Å². The zero-order chi connectivity index (χ0) is 21.0. The van der Waals surface area contributed by atoms with Crippen molar-refractivity contribution in [2.45, 2.75) is 37.7 Å². The minimum atomic E-state index is 0.0620. The van der Waals surface area contributed by atoms with Gasteiger partial charge in [-0.2, -0.15) is 0 Å². The first-order chi connectivity index (χ1) is 15.3. The fourth-order valence-corrected chi connectivity index (χ4v) is 5.33. The molecule has 2 aromatic heterocycles. The highest BCUT2D eigenvalue weighted by atomic mass is 32.1. The van der Waals surface area contributed by atoms with Crippen LogP contribution in [0.3, 0.4) is 0 Å². The average Bonchev–Trinajstić information content (AvgIpc) is 3.54. The lowest BCUT2D eigenvalue weighted by molar-refractivity contribution is -0.138. The number of carbonyl (C=O) groups excluding carboxylic acids is 1. The topological polar surface area (TPSA) is 68.1 Å². The molecule has 2 aliphatic rings. The fourth-order valence-electron chi connectivity index (χ4n) is 4.42. The molecule has 164 valence electrons. The molecule has 1 amide bonds. The highest BCUT2D eigenvalue weighted by Crippen LogP contribution is 2.34. The van der Waals surface area contributed by atoms with Crippen molar-refractivity contribution in [2.24, 2.45) is 0 Å². The monoisotopic (exact) mass is 440 g/mol. The lowest BCUT2D eigenvalue weighted by Crippen LogP contribution is -2.41. The van der Waals surface area contributed by atoms with E-state index in [1.807, 2.05) is 41.4 Å². The van der Waals surface area contributed by atoms with E-state index in [4.69, 9.17) is 14.5 Å². The van der Waals surface area contributed by atoms with E-state index in [0.29, 0.717) is 13.2 Å². The van der Waals surface area contributed by atoms with Gasteiger partial charge in [-0.15, -0.1) is 11.3 Å². The lowest BCUT2D eigenvalue weighted by atomic mass is 9.95. The van der Waals surface area contributed by atoms with Gasteiger partial charge in [0.1, 0.15) is 11.4 Å². The minimum Gasteiger partial charge on any atom is -0.376 e. The van der Waals surface area contributed by atoms with Crippen LogP contribution in [0.15, 0.2) is 41.9 Å². The SMILES string of the molecule is O=C(COC[C@@H]1CCCO1)N1CCC[C@@H](c2nc(Nc3ccccc3)n3ccsc23)C1. The Bertz CT molecular complexity index is 1010. The molecule has 1 aromatic carbocycles. The summed E-state index contributed by atoms with van der Waals surface area (Å²) in [5.74, 6) is 1.11. The van der Waals surface area contributed by atoms with Gasteiger partial charge in [-0.05, 0) is 37.8 Å². The van der Waals surface area contributed by atoms with Gasteiger partial charge in [0, 0.05) is 42.9 Å². The number of imidazole rings is 1. The molecule has 0 bridgehead atoms. The van der Waals surface area contributed by atoms with Crippen LogP contribution < -0.4 is 5.32 Å². The van der Waals surface area contributed by atoms with E-state index in [1.165, 1.54) is 0 Å². The second kappa shape index (κ2) is 9.38. The fraction of sp³-hybridized carbons (Fsp3) is 0.478. The number of nitrogens with zero attached hydrogens (tertiary/aromatic N) is 3. The number of likely N-dealkylation sites (tertiary alicyclic amines) is 1. The number of hydrogen-bond acceptors (Lipinski definition) is 6. The van der Waals surface area contributed by atoms with Crippen molar-refractivity contribution in [3.05, 3.63) is 47.6 Å². The summed E-state index contributed by atoms with van der Waals surface area (Å²) in [7, 11) is 0. The number of rotatable bonds is 7. The summed E-state index contributed by atoms with van der Waals surface area (Å²) in [5, 5.41) is 5.51. The molecule has 0 radical (unpaired) electrons. The average molecular weight is 441 g/mol. The predicted molar refractivity (Wildman–Crippen MR) is 121 cm³/mol. The Morgan fingerprint density at radius 3 is 3.00 bits per heavy atom. The summed E-state index contributed by atoms with van der Waals surface area (Å²) < 4.78 is 13.3. The molecule has 2 atom stereocenters. The summed E-state index contributed by atoms with van der Waals surface area (Å²) in [4.78, 5) is 20.8. The number of amides is 1. The Balaban J connectivity index is 1.25. The number of piperidine rings is 1. The second-order valence-electron chi connectivity index (χ2n) is 8.22. The van der Waals surface area contributed by atoms with Crippen LogP contribution in [0.2, 0.25) is 0 Å². The molecule has 4 heterocycles. The molecule has 3 aromatic rings. The van der Waals surface area contributed by atoms with Crippen LogP contribution >= 0.6 is 11.3 Å². The van der Waals surface area contributed by atoms with E-state index >= 15 is 0 Å². The van der Waals surface area contributed by atoms with Gasteiger partial charge in [0.05, 0.1) is 18.4 Å². The summed E-state index contributed by atoms with van der Waals surface area (Å²) >= 11 is 1.70. The largest absolute Gasteiger partial charge is 0.376 e. The van der Waals surface area contributed by atoms with Crippen molar-refractivity contribution >= 4 is 33.7 Å². The van der Waals surface area contributed by atoms with Crippen molar-refractivity contribution in [2.75, 3.05) is 38.2 Å².